The summed E-state index contributed by atoms with van der Waals surface area (Å²) in [5, 5.41) is 9.76. The van der Waals surface area contributed by atoms with Crippen molar-refractivity contribution in [3.05, 3.63) is 83.9 Å². The highest BCUT2D eigenvalue weighted by atomic mass is 16.4. The first-order valence-electron chi connectivity index (χ1n) is 7.15. The van der Waals surface area contributed by atoms with E-state index in [-0.39, 0.29) is 0 Å². The van der Waals surface area contributed by atoms with Crippen molar-refractivity contribution in [2.24, 2.45) is 0 Å². The van der Waals surface area contributed by atoms with Gasteiger partial charge in [-0.15, -0.1) is 0 Å². The average Bonchev–Trinajstić information content (AvgIpc) is 2.55. The molecule has 0 spiro atoms. The Morgan fingerprint density at radius 1 is 0.773 bits per heavy atom. The molecule has 0 radical (unpaired) electrons. The molecule has 108 valence electrons. The van der Waals surface area contributed by atoms with E-state index >= 15 is 0 Å². The van der Waals surface area contributed by atoms with Crippen LogP contribution in [-0.4, -0.2) is 11.1 Å². The van der Waals surface area contributed by atoms with Crippen LogP contribution in [0.4, 0.5) is 0 Å². The number of benzene rings is 3. The molecule has 0 saturated heterocycles. The summed E-state index contributed by atoms with van der Waals surface area (Å²) in [5.41, 5.74) is 4.74. The number of carboxylic acid groups (broad SMARTS) is 1. The van der Waals surface area contributed by atoms with Gasteiger partial charge in [-0.05, 0) is 34.7 Å². The molecule has 0 amide bonds. The van der Waals surface area contributed by atoms with Gasteiger partial charge in [0.25, 0.3) is 0 Å². The quantitative estimate of drug-likeness (QED) is 0.734. The Morgan fingerprint density at radius 2 is 1.18 bits per heavy atom. The zero-order valence-electron chi connectivity index (χ0n) is 12.3. The highest BCUT2D eigenvalue weighted by molar-refractivity contribution is 6.03. The fraction of sp³-hybridized carbons (Fsp3) is 0.0500. The third-order valence-corrected chi connectivity index (χ3v) is 3.67. The van der Waals surface area contributed by atoms with E-state index in [9.17, 15) is 9.90 Å². The van der Waals surface area contributed by atoms with Crippen molar-refractivity contribution < 1.29 is 9.90 Å². The summed E-state index contributed by atoms with van der Waals surface area (Å²) in [6.45, 7) is 1.99. The van der Waals surface area contributed by atoms with Gasteiger partial charge < -0.3 is 5.11 Å². The number of aromatic carboxylic acids is 1. The lowest BCUT2D eigenvalue weighted by atomic mass is 9.90. The SMILES string of the molecule is Cc1cc(-c2ccccc2)c(C(=O)O)c(-c2ccccc2)c1. The smallest absolute Gasteiger partial charge is 0.336 e. The number of carboxylic acids is 1. The molecule has 0 unspecified atom stereocenters. The van der Waals surface area contributed by atoms with Crippen molar-refractivity contribution in [1.82, 2.24) is 0 Å². The average molecular weight is 288 g/mol. The molecule has 0 aliphatic carbocycles. The number of rotatable bonds is 3. The van der Waals surface area contributed by atoms with E-state index in [2.05, 4.69) is 0 Å². The summed E-state index contributed by atoms with van der Waals surface area (Å²) in [6.07, 6.45) is 0. The minimum absolute atomic E-state index is 0.350. The zero-order valence-corrected chi connectivity index (χ0v) is 12.3. The molecule has 0 aromatic heterocycles. The molecule has 0 atom stereocenters. The Hall–Kier alpha value is -2.87. The highest BCUT2D eigenvalue weighted by Gasteiger charge is 2.18. The molecule has 0 fully saturated rings. The lowest BCUT2D eigenvalue weighted by molar-refractivity contribution is 0.0698. The summed E-state index contributed by atoms with van der Waals surface area (Å²) >= 11 is 0. The second-order valence-corrected chi connectivity index (χ2v) is 5.27. The maximum absolute atomic E-state index is 11.9. The molecule has 3 aromatic rings. The van der Waals surface area contributed by atoms with E-state index < -0.39 is 5.97 Å². The molecular formula is C20H16O2. The molecule has 0 aliphatic heterocycles. The number of aryl methyl sites for hydroxylation is 1. The van der Waals surface area contributed by atoms with Gasteiger partial charge in [0, 0.05) is 0 Å². The van der Waals surface area contributed by atoms with Gasteiger partial charge in [-0.2, -0.15) is 0 Å². The van der Waals surface area contributed by atoms with Crippen LogP contribution in [0.25, 0.3) is 22.3 Å². The Morgan fingerprint density at radius 3 is 1.55 bits per heavy atom. The van der Waals surface area contributed by atoms with Crippen LogP contribution >= 0.6 is 0 Å². The molecule has 2 heteroatoms. The van der Waals surface area contributed by atoms with Crippen LogP contribution in [0, 0.1) is 6.92 Å². The molecule has 0 heterocycles. The Balaban J connectivity index is 2.32. The monoisotopic (exact) mass is 288 g/mol. The van der Waals surface area contributed by atoms with Gasteiger partial charge in [0.05, 0.1) is 5.56 Å². The van der Waals surface area contributed by atoms with Gasteiger partial charge in [-0.1, -0.05) is 72.8 Å². The van der Waals surface area contributed by atoms with Crippen LogP contribution in [-0.2, 0) is 0 Å². The fourth-order valence-electron chi connectivity index (χ4n) is 2.71. The third-order valence-electron chi connectivity index (χ3n) is 3.67. The van der Waals surface area contributed by atoms with Gasteiger partial charge in [0.1, 0.15) is 0 Å². The van der Waals surface area contributed by atoms with Crippen molar-refractivity contribution in [2.45, 2.75) is 6.92 Å². The van der Waals surface area contributed by atoms with E-state index in [1.165, 1.54) is 0 Å². The van der Waals surface area contributed by atoms with Crippen LogP contribution in [0.5, 0.6) is 0 Å². The van der Waals surface area contributed by atoms with Crippen LogP contribution in [0.3, 0.4) is 0 Å². The molecule has 1 N–H and O–H groups in total. The lowest BCUT2D eigenvalue weighted by Crippen LogP contribution is -2.03. The summed E-state index contributed by atoms with van der Waals surface area (Å²) in [4.78, 5) is 11.9. The van der Waals surface area contributed by atoms with Crippen LogP contribution in [0.15, 0.2) is 72.8 Å². The fourth-order valence-corrected chi connectivity index (χ4v) is 2.71. The van der Waals surface area contributed by atoms with Crippen LogP contribution < -0.4 is 0 Å². The zero-order chi connectivity index (χ0) is 15.5. The molecule has 22 heavy (non-hydrogen) atoms. The standard InChI is InChI=1S/C20H16O2/c1-14-12-17(15-8-4-2-5-9-15)19(20(21)22)18(13-14)16-10-6-3-7-11-16/h2-13H,1H3,(H,21,22). The van der Waals surface area contributed by atoms with Gasteiger partial charge in [0.15, 0.2) is 0 Å². The summed E-state index contributed by atoms with van der Waals surface area (Å²) in [7, 11) is 0. The van der Waals surface area contributed by atoms with Crippen molar-refractivity contribution in [3.8, 4) is 22.3 Å². The van der Waals surface area contributed by atoms with Gasteiger partial charge in [0.2, 0.25) is 0 Å². The Bertz CT molecular complexity index is 745. The van der Waals surface area contributed by atoms with E-state index in [0.717, 1.165) is 27.8 Å². The van der Waals surface area contributed by atoms with Crippen LogP contribution in [0.1, 0.15) is 15.9 Å². The van der Waals surface area contributed by atoms with E-state index in [0.29, 0.717) is 5.56 Å². The van der Waals surface area contributed by atoms with E-state index in [1.54, 1.807) is 0 Å². The first kappa shape index (κ1) is 14.1. The summed E-state index contributed by atoms with van der Waals surface area (Å²) in [6, 6.07) is 23.2. The number of hydrogen-bond donors (Lipinski definition) is 1. The van der Waals surface area contributed by atoms with Crippen molar-refractivity contribution in [3.63, 3.8) is 0 Å². The summed E-state index contributed by atoms with van der Waals surface area (Å²) < 4.78 is 0. The number of carbonyl (C=O) groups is 1. The molecule has 2 nitrogen and oxygen atoms in total. The topological polar surface area (TPSA) is 37.3 Å². The third kappa shape index (κ3) is 2.63. The van der Waals surface area contributed by atoms with E-state index in [1.807, 2.05) is 79.7 Å². The van der Waals surface area contributed by atoms with Crippen molar-refractivity contribution >= 4 is 5.97 Å². The number of hydrogen-bond acceptors (Lipinski definition) is 1. The highest BCUT2D eigenvalue weighted by Crippen LogP contribution is 2.33. The maximum atomic E-state index is 11.9. The predicted octanol–water partition coefficient (Wildman–Crippen LogP) is 5.03. The van der Waals surface area contributed by atoms with E-state index in [4.69, 9.17) is 0 Å². The predicted molar refractivity (Wildman–Crippen MR) is 89.0 cm³/mol. The first-order valence-corrected chi connectivity index (χ1v) is 7.15. The molecule has 3 aromatic carbocycles. The normalized spacial score (nSPS) is 10.4. The van der Waals surface area contributed by atoms with Crippen molar-refractivity contribution in [2.75, 3.05) is 0 Å². The molecule has 3 rings (SSSR count). The summed E-state index contributed by atoms with van der Waals surface area (Å²) in [5.74, 6) is -0.905. The second kappa shape index (κ2) is 5.86. The maximum Gasteiger partial charge on any atom is 0.336 e. The van der Waals surface area contributed by atoms with Crippen LogP contribution in [0.2, 0.25) is 0 Å². The molecule has 0 aliphatic rings. The second-order valence-electron chi connectivity index (χ2n) is 5.27. The Labute approximate surface area is 129 Å². The minimum Gasteiger partial charge on any atom is -0.478 e. The minimum atomic E-state index is -0.905. The largest absolute Gasteiger partial charge is 0.478 e. The molecular weight excluding hydrogens is 272 g/mol. The van der Waals surface area contributed by atoms with Gasteiger partial charge >= 0.3 is 5.97 Å². The van der Waals surface area contributed by atoms with Gasteiger partial charge in [-0.3, -0.25) is 0 Å². The van der Waals surface area contributed by atoms with Gasteiger partial charge in [-0.25, -0.2) is 4.79 Å². The Kier molecular flexibility index (Phi) is 3.75. The molecule has 0 saturated carbocycles. The molecule has 0 bridgehead atoms. The van der Waals surface area contributed by atoms with Crippen molar-refractivity contribution in [1.29, 1.82) is 0 Å². The first-order chi connectivity index (χ1) is 10.7. The lowest BCUT2D eigenvalue weighted by Gasteiger charge is -2.14.